The number of amides is 2. The van der Waals surface area contributed by atoms with Gasteiger partial charge in [0.1, 0.15) is 11.8 Å². The maximum Gasteiger partial charge on any atom is 0.243 e. The van der Waals surface area contributed by atoms with E-state index in [-0.39, 0.29) is 24.8 Å². The second-order valence-electron chi connectivity index (χ2n) is 8.52. The van der Waals surface area contributed by atoms with Gasteiger partial charge in [0.05, 0.1) is 6.61 Å². The van der Waals surface area contributed by atoms with Crippen molar-refractivity contribution in [1.82, 2.24) is 10.2 Å². The van der Waals surface area contributed by atoms with Gasteiger partial charge in [-0.3, -0.25) is 9.59 Å². The average molecular weight is 527 g/mol. The molecule has 190 valence electrons. The van der Waals surface area contributed by atoms with Crippen LogP contribution < -0.4 is 10.1 Å². The third-order valence-electron chi connectivity index (χ3n) is 5.74. The summed E-state index contributed by atoms with van der Waals surface area (Å²) in [7, 11) is 0. The average Bonchev–Trinajstić information content (AvgIpc) is 2.89. The minimum atomic E-state index is -0.667. The zero-order valence-electron chi connectivity index (χ0n) is 20.5. The van der Waals surface area contributed by atoms with E-state index in [1.54, 1.807) is 35.2 Å². The number of carbonyl (C=O) groups excluding carboxylic acids is 2. The van der Waals surface area contributed by atoms with Gasteiger partial charge in [-0.2, -0.15) is 0 Å². The summed E-state index contributed by atoms with van der Waals surface area (Å²) in [4.78, 5) is 28.5. The van der Waals surface area contributed by atoms with Crippen LogP contribution >= 0.6 is 23.2 Å². The number of nitrogens with zero attached hydrogens (tertiary/aromatic N) is 1. The lowest BCUT2D eigenvalue weighted by atomic mass is 10.0. The van der Waals surface area contributed by atoms with Crippen LogP contribution in [0, 0.1) is 0 Å². The van der Waals surface area contributed by atoms with Gasteiger partial charge in [0.15, 0.2) is 0 Å². The first-order valence-corrected chi connectivity index (χ1v) is 13.0. The topological polar surface area (TPSA) is 58.6 Å². The smallest absolute Gasteiger partial charge is 0.243 e. The van der Waals surface area contributed by atoms with Crippen molar-refractivity contribution < 1.29 is 14.3 Å². The molecule has 0 spiro atoms. The van der Waals surface area contributed by atoms with E-state index in [4.69, 9.17) is 27.9 Å². The zero-order valence-corrected chi connectivity index (χ0v) is 22.0. The molecule has 0 radical (unpaired) electrons. The van der Waals surface area contributed by atoms with Crippen LogP contribution in [0.4, 0.5) is 0 Å². The summed E-state index contributed by atoms with van der Waals surface area (Å²) in [5, 5.41) is 4.18. The number of ether oxygens (including phenoxy) is 1. The van der Waals surface area contributed by atoms with Crippen molar-refractivity contribution in [2.45, 2.75) is 45.2 Å². The van der Waals surface area contributed by atoms with Gasteiger partial charge in [-0.1, -0.05) is 78.7 Å². The Morgan fingerprint density at radius 1 is 0.944 bits per heavy atom. The highest BCUT2D eigenvalue weighted by Crippen LogP contribution is 2.22. The van der Waals surface area contributed by atoms with Gasteiger partial charge in [-0.15, -0.1) is 0 Å². The fraction of sp³-hybridized carbons (Fsp3) is 0.310. The van der Waals surface area contributed by atoms with E-state index in [2.05, 4.69) is 5.32 Å². The van der Waals surface area contributed by atoms with E-state index in [1.807, 2.05) is 55.5 Å². The molecule has 7 heteroatoms. The number of hydrogen-bond acceptors (Lipinski definition) is 3. The molecule has 3 aromatic rings. The van der Waals surface area contributed by atoms with Crippen LogP contribution in [0.3, 0.4) is 0 Å². The fourth-order valence-electron chi connectivity index (χ4n) is 3.82. The minimum absolute atomic E-state index is 0.123. The highest BCUT2D eigenvalue weighted by molar-refractivity contribution is 6.31. The van der Waals surface area contributed by atoms with E-state index in [0.717, 1.165) is 17.5 Å². The second kappa shape index (κ2) is 14.5. The second-order valence-corrected chi connectivity index (χ2v) is 9.36. The van der Waals surface area contributed by atoms with Gasteiger partial charge in [0.2, 0.25) is 11.8 Å². The van der Waals surface area contributed by atoms with Crippen molar-refractivity contribution in [3.8, 4) is 5.75 Å². The van der Waals surface area contributed by atoms with Crippen molar-refractivity contribution in [2.24, 2.45) is 0 Å². The molecule has 0 aliphatic rings. The third-order valence-corrected chi connectivity index (χ3v) is 6.36. The Kier molecular flexibility index (Phi) is 11.1. The third kappa shape index (κ3) is 8.58. The van der Waals surface area contributed by atoms with Gasteiger partial charge < -0.3 is 15.0 Å². The summed E-state index contributed by atoms with van der Waals surface area (Å²) in [6.07, 6.45) is 1.97. The molecule has 0 bridgehead atoms. The van der Waals surface area contributed by atoms with Gasteiger partial charge in [-0.05, 0) is 54.3 Å². The molecule has 0 heterocycles. The van der Waals surface area contributed by atoms with E-state index < -0.39 is 6.04 Å². The molecule has 36 heavy (non-hydrogen) atoms. The summed E-state index contributed by atoms with van der Waals surface area (Å²) in [6.45, 7) is 3.17. The Bertz CT molecular complexity index is 1110. The number of hydrogen-bond donors (Lipinski definition) is 1. The van der Waals surface area contributed by atoms with Crippen molar-refractivity contribution in [1.29, 1.82) is 0 Å². The quantitative estimate of drug-likeness (QED) is 0.265. The molecule has 3 aromatic carbocycles. The first kappa shape index (κ1) is 27.6. The fourth-order valence-corrected chi connectivity index (χ4v) is 4.14. The van der Waals surface area contributed by atoms with Crippen LogP contribution in [-0.2, 0) is 22.6 Å². The van der Waals surface area contributed by atoms with Crippen LogP contribution in [0.15, 0.2) is 78.9 Å². The molecule has 0 saturated carbocycles. The Morgan fingerprint density at radius 2 is 1.64 bits per heavy atom. The molecule has 0 fully saturated rings. The normalized spacial score (nSPS) is 11.5. The number of rotatable bonds is 13. The van der Waals surface area contributed by atoms with Gasteiger partial charge in [0, 0.05) is 36.0 Å². The lowest BCUT2D eigenvalue weighted by Gasteiger charge is -2.32. The summed E-state index contributed by atoms with van der Waals surface area (Å²) in [5.41, 5.74) is 1.78. The monoisotopic (exact) mass is 526 g/mol. The first-order chi connectivity index (χ1) is 17.5. The van der Waals surface area contributed by atoms with Crippen molar-refractivity contribution in [2.75, 3.05) is 13.2 Å². The Morgan fingerprint density at radius 3 is 2.33 bits per heavy atom. The molecule has 0 aliphatic carbocycles. The van der Waals surface area contributed by atoms with E-state index in [0.29, 0.717) is 41.8 Å². The molecule has 0 aliphatic heterocycles. The van der Waals surface area contributed by atoms with E-state index in [1.165, 1.54) is 0 Å². The number of benzene rings is 3. The lowest BCUT2D eigenvalue weighted by Crippen LogP contribution is -2.50. The summed E-state index contributed by atoms with van der Waals surface area (Å²) in [6, 6.07) is 23.6. The van der Waals surface area contributed by atoms with Crippen LogP contribution in [0.1, 0.15) is 37.3 Å². The van der Waals surface area contributed by atoms with Crippen LogP contribution in [0.5, 0.6) is 5.75 Å². The lowest BCUT2D eigenvalue weighted by molar-refractivity contribution is -0.141. The minimum Gasteiger partial charge on any atom is -0.494 e. The number of carbonyl (C=O) groups is 2. The Hall–Kier alpha value is -3.02. The Labute approximate surface area is 223 Å². The summed E-state index contributed by atoms with van der Waals surface area (Å²) < 4.78 is 5.76. The molecular formula is C29H32Cl2N2O3. The standard InChI is InChI=1S/C29H32Cl2N2O3/c1-2-18-32-29(35)27(20-22-9-4-3-5-10-22)33(21-23-11-6-7-12-26(23)31)28(34)13-8-19-36-25-16-14-24(30)15-17-25/h3-7,9-12,14-17,27H,2,8,13,18-21H2,1H3,(H,32,35)/t27-/m1/s1. The highest BCUT2D eigenvalue weighted by Gasteiger charge is 2.30. The SMILES string of the molecule is CCCNC(=O)[C@@H](Cc1ccccc1)N(Cc1ccccc1Cl)C(=O)CCCOc1ccc(Cl)cc1. The predicted molar refractivity (Wildman–Crippen MR) is 145 cm³/mol. The molecule has 1 N–H and O–H groups in total. The first-order valence-electron chi connectivity index (χ1n) is 12.2. The van der Waals surface area contributed by atoms with Crippen molar-refractivity contribution in [3.63, 3.8) is 0 Å². The van der Waals surface area contributed by atoms with Gasteiger partial charge in [0.25, 0.3) is 0 Å². The molecule has 0 aromatic heterocycles. The molecule has 5 nitrogen and oxygen atoms in total. The maximum atomic E-state index is 13.6. The van der Waals surface area contributed by atoms with Crippen LogP contribution in [0.25, 0.3) is 0 Å². The van der Waals surface area contributed by atoms with Crippen molar-refractivity contribution >= 4 is 35.0 Å². The largest absolute Gasteiger partial charge is 0.494 e. The number of halogens is 2. The molecule has 0 unspecified atom stereocenters. The predicted octanol–water partition coefficient (Wildman–Crippen LogP) is 6.32. The summed E-state index contributed by atoms with van der Waals surface area (Å²) in [5.74, 6) is 0.404. The van der Waals surface area contributed by atoms with Gasteiger partial charge >= 0.3 is 0 Å². The summed E-state index contributed by atoms with van der Waals surface area (Å²) >= 11 is 12.4. The van der Waals surface area contributed by atoms with E-state index >= 15 is 0 Å². The molecule has 2 amide bonds. The van der Waals surface area contributed by atoms with Crippen molar-refractivity contribution in [3.05, 3.63) is 100 Å². The van der Waals surface area contributed by atoms with Crippen LogP contribution in [-0.4, -0.2) is 35.9 Å². The Balaban J connectivity index is 1.78. The molecule has 3 rings (SSSR count). The van der Waals surface area contributed by atoms with E-state index in [9.17, 15) is 9.59 Å². The molecule has 0 saturated heterocycles. The molecular weight excluding hydrogens is 495 g/mol. The van der Waals surface area contributed by atoms with Crippen LogP contribution in [0.2, 0.25) is 10.0 Å². The zero-order chi connectivity index (χ0) is 25.8. The van der Waals surface area contributed by atoms with Gasteiger partial charge in [-0.25, -0.2) is 0 Å². The molecule has 1 atom stereocenters. The maximum absolute atomic E-state index is 13.6. The number of nitrogens with one attached hydrogen (secondary N) is 1. The highest BCUT2D eigenvalue weighted by atomic mass is 35.5.